The summed E-state index contributed by atoms with van der Waals surface area (Å²) in [6, 6.07) is 5.71. The molecule has 4 rings (SSSR count). The first-order valence-electron chi connectivity index (χ1n) is 11.2. The van der Waals surface area contributed by atoms with Crippen LogP contribution in [0, 0.1) is 11.8 Å². The summed E-state index contributed by atoms with van der Waals surface area (Å²) >= 11 is 0. The molecule has 160 valence electrons. The van der Waals surface area contributed by atoms with Gasteiger partial charge in [0.25, 0.3) is 11.5 Å². The van der Waals surface area contributed by atoms with Crippen molar-refractivity contribution in [2.24, 2.45) is 11.8 Å². The molecule has 4 heterocycles. The summed E-state index contributed by atoms with van der Waals surface area (Å²) in [5, 5.41) is 11.1. The summed E-state index contributed by atoms with van der Waals surface area (Å²) in [6.07, 6.45) is 4.05. The molecule has 3 atom stereocenters. The summed E-state index contributed by atoms with van der Waals surface area (Å²) in [6.45, 7) is 7.18. The fraction of sp³-hybridized carbons (Fsp3) is 0.739. The molecular formula is C23H35N3O3. The molecule has 2 fully saturated rings. The van der Waals surface area contributed by atoms with Gasteiger partial charge in [-0.3, -0.25) is 9.59 Å². The maximum absolute atomic E-state index is 13.4. The van der Waals surface area contributed by atoms with Crippen LogP contribution >= 0.6 is 0 Å². The molecule has 3 aliphatic heterocycles. The van der Waals surface area contributed by atoms with Crippen molar-refractivity contribution in [3.63, 3.8) is 0 Å². The first kappa shape index (κ1) is 20.6. The lowest BCUT2D eigenvalue weighted by Gasteiger charge is -2.49. The summed E-state index contributed by atoms with van der Waals surface area (Å²) < 4.78 is 2.02. The van der Waals surface area contributed by atoms with E-state index in [9.17, 15) is 14.7 Å². The van der Waals surface area contributed by atoms with Gasteiger partial charge >= 0.3 is 0 Å². The van der Waals surface area contributed by atoms with Crippen LogP contribution in [0.1, 0.15) is 63.6 Å². The molecule has 2 bridgehead atoms. The SMILES string of the molecule is CC(C)CC[C@H]1[C@H]2C[C@H](CN(C(=O)C3(O)CCN(C)CC3)C2)c2cccc(=O)n21. The van der Waals surface area contributed by atoms with Gasteiger partial charge in [0.05, 0.1) is 0 Å². The van der Waals surface area contributed by atoms with E-state index in [2.05, 4.69) is 24.8 Å². The van der Waals surface area contributed by atoms with Crippen LogP contribution in [0.25, 0.3) is 0 Å². The molecule has 0 aliphatic carbocycles. The molecular weight excluding hydrogens is 366 g/mol. The summed E-state index contributed by atoms with van der Waals surface area (Å²) in [4.78, 5) is 30.2. The van der Waals surface area contributed by atoms with E-state index < -0.39 is 5.60 Å². The topological polar surface area (TPSA) is 65.8 Å². The van der Waals surface area contributed by atoms with Crippen molar-refractivity contribution in [2.75, 3.05) is 33.2 Å². The molecule has 6 heteroatoms. The van der Waals surface area contributed by atoms with Gasteiger partial charge < -0.3 is 19.5 Å². The molecule has 1 aromatic heterocycles. The van der Waals surface area contributed by atoms with Gasteiger partial charge in [-0.25, -0.2) is 0 Å². The average molecular weight is 402 g/mol. The van der Waals surface area contributed by atoms with Gasteiger partial charge in [-0.2, -0.15) is 0 Å². The maximum atomic E-state index is 13.4. The Morgan fingerprint density at radius 1 is 1.24 bits per heavy atom. The van der Waals surface area contributed by atoms with Gasteiger partial charge in [-0.05, 0) is 57.1 Å². The van der Waals surface area contributed by atoms with Gasteiger partial charge in [-0.15, -0.1) is 0 Å². The van der Waals surface area contributed by atoms with Gasteiger partial charge in [0, 0.05) is 49.9 Å². The molecule has 6 nitrogen and oxygen atoms in total. The highest BCUT2D eigenvalue weighted by Gasteiger charge is 2.47. The van der Waals surface area contributed by atoms with Crippen LogP contribution in [0.4, 0.5) is 0 Å². The first-order valence-corrected chi connectivity index (χ1v) is 11.2. The largest absolute Gasteiger partial charge is 0.380 e. The molecule has 1 amide bonds. The zero-order valence-electron chi connectivity index (χ0n) is 18.0. The van der Waals surface area contributed by atoms with Gasteiger partial charge in [0.2, 0.25) is 0 Å². The highest BCUT2D eigenvalue weighted by Crippen LogP contribution is 2.44. The van der Waals surface area contributed by atoms with E-state index in [1.807, 2.05) is 22.6 Å². The highest BCUT2D eigenvalue weighted by molar-refractivity contribution is 5.85. The van der Waals surface area contributed by atoms with Crippen LogP contribution in [-0.2, 0) is 4.79 Å². The number of amides is 1. The molecule has 1 aromatic rings. The second-order valence-electron chi connectivity index (χ2n) is 9.94. The number of likely N-dealkylation sites (tertiary alicyclic amines) is 2. The lowest BCUT2D eigenvalue weighted by molar-refractivity contribution is -0.159. The van der Waals surface area contributed by atoms with Gasteiger partial charge in [0.1, 0.15) is 5.60 Å². The Bertz CT molecular complexity index is 810. The first-order chi connectivity index (χ1) is 13.8. The Morgan fingerprint density at radius 3 is 2.66 bits per heavy atom. The van der Waals surface area contributed by atoms with Crippen molar-refractivity contribution >= 4 is 5.91 Å². The summed E-state index contributed by atoms with van der Waals surface area (Å²) in [5.41, 5.74) is -0.0860. The van der Waals surface area contributed by atoms with Gasteiger partial charge in [0.15, 0.2) is 0 Å². The molecule has 0 spiro atoms. The molecule has 1 N–H and O–H groups in total. The Morgan fingerprint density at radius 2 is 1.97 bits per heavy atom. The fourth-order valence-electron chi connectivity index (χ4n) is 5.58. The Hall–Kier alpha value is -1.66. The molecule has 3 aliphatic rings. The zero-order chi connectivity index (χ0) is 20.8. The molecule has 29 heavy (non-hydrogen) atoms. The number of fused-ring (bicyclic) bond motifs is 4. The van der Waals surface area contributed by atoms with Crippen molar-refractivity contribution < 1.29 is 9.90 Å². The third kappa shape index (κ3) is 3.89. The van der Waals surface area contributed by atoms with E-state index in [-0.39, 0.29) is 29.3 Å². The van der Waals surface area contributed by atoms with E-state index in [1.165, 1.54) is 0 Å². The highest BCUT2D eigenvalue weighted by atomic mass is 16.3. The van der Waals surface area contributed by atoms with Crippen LogP contribution in [0.15, 0.2) is 23.0 Å². The Balaban J connectivity index is 1.61. The molecule has 0 unspecified atom stereocenters. The Kier molecular flexibility index (Phi) is 5.60. The predicted octanol–water partition coefficient (Wildman–Crippen LogP) is 2.23. The molecule has 0 saturated carbocycles. The van der Waals surface area contributed by atoms with Crippen LogP contribution in [-0.4, -0.2) is 64.2 Å². The van der Waals surface area contributed by atoms with Crippen LogP contribution in [0.2, 0.25) is 0 Å². The van der Waals surface area contributed by atoms with E-state index in [1.54, 1.807) is 6.07 Å². The van der Waals surface area contributed by atoms with E-state index >= 15 is 0 Å². The second-order valence-corrected chi connectivity index (χ2v) is 9.94. The number of aromatic nitrogens is 1. The molecule has 0 aromatic carbocycles. The fourth-order valence-corrected chi connectivity index (χ4v) is 5.58. The summed E-state index contributed by atoms with van der Waals surface area (Å²) in [7, 11) is 2.03. The lowest BCUT2D eigenvalue weighted by atomic mass is 9.76. The number of aliphatic hydroxyl groups is 1. The Labute approximate surface area is 173 Å². The molecule has 2 saturated heterocycles. The smallest absolute Gasteiger partial charge is 0.254 e. The number of pyridine rings is 1. The standard InChI is InChI=1S/C23H35N3O3/c1-16(2)7-8-20-18-13-17(19-5-4-6-21(27)26(19)20)14-25(15-18)22(28)23(29)9-11-24(3)12-10-23/h4-6,16-18,20,29H,7-15H2,1-3H3/t17-,18+,20+/m1/s1. The minimum Gasteiger partial charge on any atom is -0.380 e. The number of piperidine rings is 2. The number of hydrogen-bond donors (Lipinski definition) is 1. The predicted molar refractivity (Wildman–Crippen MR) is 113 cm³/mol. The van der Waals surface area contributed by atoms with Crippen molar-refractivity contribution in [3.8, 4) is 0 Å². The van der Waals surface area contributed by atoms with Crippen molar-refractivity contribution in [3.05, 3.63) is 34.2 Å². The van der Waals surface area contributed by atoms with Crippen LogP contribution < -0.4 is 5.56 Å². The molecule has 0 radical (unpaired) electrons. The number of nitrogens with zero attached hydrogens (tertiary/aromatic N) is 3. The second kappa shape index (κ2) is 7.88. The maximum Gasteiger partial charge on any atom is 0.254 e. The average Bonchev–Trinajstić information content (AvgIpc) is 2.70. The lowest BCUT2D eigenvalue weighted by Crippen LogP contribution is -2.59. The third-order valence-corrected chi connectivity index (χ3v) is 7.34. The van der Waals surface area contributed by atoms with Gasteiger partial charge in [-0.1, -0.05) is 19.9 Å². The van der Waals surface area contributed by atoms with Crippen LogP contribution in [0.5, 0.6) is 0 Å². The monoisotopic (exact) mass is 401 g/mol. The number of carbonyl (C=O) groups is 1. The number of rotatable bonds is 4. The van der Waals surface area contributed by atoms with E-state index in [4.69, 9.17) is 0 Å². The number of carbonyl (C=O) groups excluding carboxylic acids is 1. The van der Waals surface area contributed by atoms with Crippen LogP contribution in [0.3, 0.4) is 0 Å². The number of hydrogen-bond acceptors (Lipinski definition) is 4. The van der Waals surface area contributed by atoms with E-state index in [0.717, 1.165) is 38.0 Å². The van der Waals surface area contributed by atoms with Crippen molar-refractivity contribution in [1.29, 1.82) is 0 Å². The van der Waals surface area contributed by atoms with Crippen molar-refractivity contribution in [1.82, 2.24) is 14.4 Å². The zero-order valence-corrected chi connectivity index (χ0v) is 18.0. The third-order valence-electron chi connectivity index (χ3n) is 7.34. The van der Waals surface area contributed by atoms with Crippen molar-refractivity contribution in [2.45, 2.75) is 63.5 Å². The van der Waals surface area contributed by atoms with E-state index in [0.29, 0.717) is 31.8 Å². The normalized spacial score (nSPS) is 29.0. The minimum absolute atomic E-state index is 0.0830. The summed E-state index contributed by atoms with van der Waals surface area (Å²) in [5.74, 6) is 0.933. The minimum atomic E-state index is -1.23. The quantitative estimate of drug-likeness (QED) is 0.840.